The summed E-state index contributed by atoms with van der Waals surface area (Å²) in [6.45, 7) is 1.85. The number of benzene rings is 1. The molecule has 5 nitrogen and oxygen atoms in total. The Morgan fingerprint density at radius 3 is 2.44 bits per heavy atom. The lowest BCUT2D eigenvalue weighted by atomic mass is 9.50. The van der Waals surface area contributed by atoms with Gasteiger partial charge in [-0.15, -0.1) is 0 Å². The molecule has 0 saturated heterocycles. The van der Waals surface area contributed by atoms with Crippen LogP contribution in [0.1, 0.15) is 79.4 Å². The second-order valence-corrected chi connectivity index (χ2v) is 13.4. The molecule has 2 saturated carbocycles. The smallest absolute Gasteiger partial charge is 0.383 e. The van der Waals surface area contributed by atoms with Gasteiger partial charge in [-0.3, -0.25) is 14.6 Å². The summed E-state index contributed by atoms with van der Waals surface area (Å²) >= 11 is 0. The second-order valence-electron chi connectivity index (χ2n) is 13.4. The van der Waals surface area contributed by atoms with Crippen LogP contribution in [0.2, 0.25) is 0 Å². The maximum absolute atomic E-state index is 15.2. The molecule has 0 radical (unpaired) electrons. The van der Waals surface area contributed by atoms with Crippen LogP contribution in [0.4, 0.5) is 22.0 Å². The van der Waals surface area contributed by atoms with Gasteiger partial charge in [0, 0.05) is 55.2 Å². The molecule has 4 aliphatic carbocycles. The summed E-state index contributed by atoms with van der Waals surface area (Å²) in [4.78, 5) is 31.4. The van der Waals surface area contributed by atoms with E-state index in [9.17, 15) is 27.9 Å². The normalized spacial score (nSPS) is 29.9. The van der Waals surface area contributed by atoms with Gasteiger partial charge < -0.3 is 10.0 Å². The van der Waals surface area contributed by atoms with Crippen LogP contribution in [0.5, 0.6) is 0 Å². The van der Waals surface area contributed by atoms with Gasteiger partial charge in [0.15, 0.2) is 5.78 Å². The fourth-order valence-electron chi connectivity index (χ4n) is 8.72. The minimum Gasteiger partial charge on any atom is -0.383 e. The van der Waals surface area contributed by atoms with Gasteiger partial charge in [0.05, 0.1) is 0 Å². The summed E-state index contributed by atoms with van der Waals surface area (Å²) in [6, 6.07) is 12.4. The number of hydrogen-bond acceptors (Lipinski definition) is 4. The van der Waals surface area contributed by atoms with Crippen molar-refractivity contribution in [1.82, 2.24) is 9.88 Å². The van der Waals surface area contributed by atoms with Gasteiger partial charge >= 0.3 is 12.1 Å². The van der Waals surface area contributed by atoms with Gasteiger partial charge in [-0.05, 0) is 97.4 Å². The predicted molar refractivity (Wildman–Crippen MR) is 158 cm³/mol. The molecule has 6 rings (SSSR count). The molecule has 0 aliphatic heterocycles. The van der Waals surface area contributed by atoms with Crippen LogP contribution in [-0.2, 0) is 11.2 Å². The highest BCUT2D eigenvalue weighted by atomic mass is 19.4. The van der Waals surface area contributed by atoms with Gasteiger partial charge in [0.2, 0.25) is 0 Å². The first-order valence-corrected chi connectivity index (χ1v) is 15.6. The van der Waals surface area contributed by atoms with Crippen molar-refractivity contribution in [2.75, 3.05) is 13.6 Å². The Hall–Kier alpha value is -3.40. The van der Waals surface area contributed by atoms with E-state index in [0.29, 0.717) is 49.8 Å². The number of halogens is 5. The summed E-state index contributed by atoms with van der Waals surface area (Å²) < 4.78 is 71.8. The van der Waals surface area contributed by atoms with Gasteiger partial charge in [0.25, 0.3) is 5.91 Å². The monoisotopic (exact) mass is 628 g/mol. The summed E-state index contributed by atoms with van der Waals surface area (Å²) in [5.41, 5.74) is -0.101. The Bertz CT molecular complexity index is 1550. The maximum Gasteiger partial charge on any atom is 0.456 e. The van der Waals surface area contributed by atoms with Crippen molar-refractivity contribution in [3.63, 3.8) is 0 Å². The minimum absolute atomic E-state index is 0.0279. The molecule has 1 N–H and O–H groups in total. The fourth-order valence-corrected chi connectivity index (χ4v) is 8.72. The molecule has 0 unspecified atom stereocenters. The molecule has 1 aromatic carbocycles. The van der Waals surface area contributed by atoms with Crippen molar-refractivity contribution in [1.29, 1.82) is 0 Å². The third-order valence-corrected chi connectivity index (χ3v) is 11.1. The first kappa shape index (κ1) is 31.6. The number of aliphatic hydroxyl groups is 1. The zero-order valence-corrected chi connectivity index (χ0v) is 25.3. The predicted octanol–water partition coefficient (Wildman–Crippen LogP) is 7.22. The van der Waals surface area contributed by atoms with E-state index in [1.54, 1.807) is 48.5 Å². The number of hydrogen-bond donors (Lipinski definition) is 1. The summed E-state index contributed by atoms with van der Waals surface area (Å²) in [5.74, 6) is -6.89. The molecule has 4 aliphatic rings. The number of carbonyl (C=O) groups is 2. The third-order valence-electron chi connectivity index (χ3n) is 11.1. The Labute approximate surface area is 259 Å². The summed E-state index contributed by atoms with van der Waals surface area (Å²) in [6.07, 6.45) is -0.801. The number of alkyl halides is 5. The van der Waals surface area contributed by atoms with Crippen molar-refractivity contribution in [3.8, 4) is 0 Å². The number of rotatable bonds is 6. The Morgan fingerprint density at radius 1 is 1.04 bits per heavy atom. The minimum atomic E-state index is -5.90. The summed E-state index contributed by atoms with van der Waals surface area (Å²) in [5, 5.41) is 11.4. The van der Waals surface area contributed by atoms with E-state index in [4.69, 9.17) is 0 Å². The van der Waals surface area contributed by atoms with Gasteiger partial charge in [0.1, 0.15) is 5.60 Å². The van der Waals surface area contributed by atoms with E-state index in [0.717, 1.165) is 22.4 Å². The van der Waals surface area contributed by atoms with Gasteiger partial charge in [-0.2, -0.15) is 22.0 Å². The number of nitrogens with zero attached hydrogens (tertiary/aromatic N) is 2. The van der Waals surface area contributed by atoms with Crippen LogP contribution in [0.15, 0.2) is 71.5 Å². The van der Waals surface area contributed by atoms with Crippen LogP contribution in [0.25, 0.3) is 0 Å². The Balaban J connectivity index is 1.36. The first-order valence-electron chi connectivity index (χ1n) is 15.6. The average Bonchev–Trinajstić information content (AvgIpc) is 3.30. The molecule has 0 bridgehead atoms. The van der Waals surface area contributed by atoms with Crippen molar-refractivity contribution < 1.29 is 36.6 Å². The number of carbonyl (C=O) groups excluding carboxylic acids is 2. The molecule has 2 aromatic rings. The van der Waals surface area contributed by atoms with Crippen molar-refractivity contribution >= 4 is 11.7 Å². The number of amides is 1. The standard InChI is InChI=1S/C35H37F5N2O3/c1-32-20-28(21-6-8-22(9-7-21)31(44)42(2)18-15-24-5-3-4-17-41-24)30-26-13-11-25(43)19-23(26)10-12-27(30)29(32)14-16-33(32,45)34(36,37)35(38,39)40/h3-9,17,19,27-29,45H,10-16,18,20H2,1-2H3/t27-,28+,29-,32-,33-/m0/s1. The molecule has 0 spiro atoms. The number of aromatic nitrogens is 1. The molecule has 240 valence electrons. The topological polar surface area (TPSA) is 70.5 Å². The van der Waals surface area contributed by atoms with Crippen molar-refractivity contribution in [3.05, 3.63) is 88.3 Å². The number of pyridine rings is 1. The maximum atomic E-state index is 15.2. The van der Waals surface area contributed by atoms with Gasteiger partial charge in [-0.25, -0.2) is 0 Å². The highest BCUT2D eigenvalue weighted by Crippen LogP contribution is 2.70. The molecule has 1 amide bonds. The molecule has 2 fully saturated rings. The van der Waals surface area contributed by atoms with Crippen LogP contribution >= 0.6 is 0 Å². The van der Waals surface area contributed by atoms with E-state index in [1.807, 2.05) is 18.2 Å². The zero-order valence-electron chi connectivity index (χ0n) is 25.3. The highest BCUT2D eigenvalue weighted by molar-refractivity contribution is 5.94. The molecule has 45 heavy (non-hydrogen) atoms. The second kappa shape index (κ2) is 11.1. The first-order chi connectivity index (χ1) is 21.2. The lowest BCUT2D eigenvalue weighted by molar-refractivity contribution is -0.362. The SMILES string of the molecule is CN(CCc1ccccn1)C(=O)c1ccc([C@H]2C[C@@]3(C)[C@@H](CC[C@@]3(O)C(F)(F)C(F)(F)F)[C@@H]3CCC4=CC(=O)CCC4=C32)cc1. The van der Waals surface area contributed by atoms with E-state index < -0.39 is 41.4 Å². The molecule has 5 atom stereocenters. The third kappa shape index (κ3) is 5.04. The van der Waals surface area contributed by atoms with Crippen molar-refractivity contribution in [2.24, 2.45) is 17.3 Å². The quantitative estimate of drug-likeness (QED) is 0.343. The molecule has 1 aromatic heterocycles. The van der Waals surface area contributed by atoms with Crippen LogP contribution in [0.3, 0.4) is 0 Å². The number of ketones is 1. The largest absolute Gasteiger partial charge is 0.456 e. The van der Waals surface area contributed by atoms with E-state index in [1.165, 1.54) is 6.92 Å². The zero-order chi connectivity index (χ0) is 32.4. The highest BCUT2D eigenvalue weighted by Gasteiger charge is 2.79. The molecular weight excluding hydrogens is 591 g/mol. The number of likely N-dealkylation sites (N-methyl/N-ethyl adjacent to an activating group) is 1. The number of fused-ring (bicyclic) bond motifs is 4. The van der Waals surface area contributed by atoms with E-state index in [-0.39, 0.29) is 30.4 Å². The van der Waals surface area contributed by atoms with Gasteiger partial charge in [-0.1, -0.05) is 30.7 Å². The lowest BCUT2D eigenvalue weighted by Crippen LogP contribution is -2.65. The molecule has 10 heteroatoms. The van der Waals surface area contributed by atoms with E-state index >= 15 is 8.78 Å². The summed E-state index contributed by atoms with van der Waals surface area (Å²) in [7, 11) is 1.69. The fraction of sp³-hybridized carbons (Fsp3) is 0.514. The van der Waals surface area contributed by atoms with E-state index in [2.05, 4.69) is 4.98 Å². The van der Waals surface area contributed by atoms with Crippen LogP contribution < -0.4 is 0 Å². The lowest BCUT2D eigenvalue weighted by Gasteiger charge is -2.56. The van der Waals surface area contributed by atoms with Crippen LogP contribution in [-0.4, -0.2) is 58.0 Å². The number of allylic oxidation sites excluding steroid dienone is 4. The Morgan fingerprint density at radius 2 is 1.78 bits per heavy atom. The van der Waals surface area contributed by atoms with Crippen molar-refractivity contribution in [2.45, 2.75) is 81.9 Å². The average molecular weight is 629 g/mol. The molecular formula is C35H37F5N2O3. The molecule has 1 heterocycles. The Kier molecular flexibility index (Phi) is 7.82. The van der Waals surface area contributed by atoms with Crippen LogP contribution in [0, 0.1) is 17.3 Å².